The van der Waals surface area contributed by atoms with Crippen LogP contribution in [0.15, 0.2) is 142 Å². The molecular formula is C70H78Cl2N10O19S2. The van der Waals surface area contributed by atoms with Crippen LogP contribution in [0.2, 0.25) is 10.0 Å². The van der Waals surface area contributed by atoms with Crippen LogP contribution in [0.1, 0.15) is 127 Å². The number of nitrogens with one attached hydrogen (secondary N) is 2. The molecule has 2 aliphatic carbocycles. The predicted octanol–water partition coefficient (Wildman–Crippen LogP) is 9.47. The van der Waals surface area contributed by atoms with E-state index in [1.165, 1.54) is 58.1 Å². The van der Waals surface area contributed by atoms with Gasteiger partial charge in [0, 0.05) is 60.5 Å². The van der Waals surface area contributed by atoms with Gasteiger partial charge in [-0.05, 0) is 92.3 Å². The number of esters is 2. The average Bonchev–Trinajstić information content (AvgIpc) is 1.17. The maximum absolute atomic E-state index is 12.9. The Morgan fingerprint density at radius 1 is 0.718 bits per heavy atom. The molecule has 103 heavy (non-hydrogen) atoms. The van der Waals surface area contributed by atoms with E-state index in [1.807, 2.05) is 72.3 Å². The highest BCUT2D eigenvalue weighted by Gasteiger charge is 2.45. The number of ether oxygens (including phenoxy) is 6. The van der Waals surface area contributed by atoms with Gasteiger partial charge in [0.25, 0.3) is 0 Å². The second-order valence-electron chi connectivity index (χ2n) is 23.6. The molecule has 1 saturated heterocycles. The van der Waals surface area contributed by atoms with E-state index in [0.29, 0.717) is 49.0 Å². The van der Waals surface area contributed by atoms with Gasteiger partial charge in [-0.15, -0.1) is 4.68 Å². The van der Waals surface area contributed by atoms with Crippen molar-refractivity contribution in [2.75, 3.05) is 59.3 Å². The number of hydrogen-bond acceptors (Lipinski definition) is 24. The summed E-state index contributed by atoms with van der Waals surface area (Å²) in [5.41, 5.74) is 1.63. The molecule has 29 nitrogen and oxygen atoms in total. The highest BCUT2D eigenvalue weighted by atomic mass is 35.5. The molecule has 548 valence electrons. The molecule has 3 amide bonds. The Morgan fingerprint density at radius 2 is 1.34 bits per heavy atom. The highest BCUT2D eigenvalue weighted by Crippen LogP contribution is 2.41. The Kier molecular flexibility index (Phi) is 28.3. The molecule has 2 saturated carbocycles. The number of halogens is 2. The first kappa shape index (κ1) is 78.9. The van der Waals surface area contributed by atoms with Gasteiger partial charge in [0.2, 0.25) is 27.7 Å². The molecule has 33 heteroatoms. The summed E-state index contributed by atoms with van der Waals surface area (Å²) in [6, 6.07) is 35.0. The highest BCUT2D eigenvalue weighted by molar-refractivity contribution is 7.90. The van der Waals surface area contributed by atoms with Crippen molar-refractivity contribution < 1.29 is 83.7 Å². The topological polar surface area (TPSA) is 371 Å². The lowest BCUT2D eigenvalue weighted by Crippen LogP contribution is -2.46. The third-order valence-electron chi connectivity index (χ3n) is 16.7. The first-order valence-corrected chi connectivity index (χ1v) is 37.1. The van der Waals surface area contributed by atoms with E-state index in [0.717, 1.165) is 65.3 Å². The monoisotopic (exact) mass is 1500 g/mol. The Hall–Kier alpha value is -9.79. The minimum atomic E-state index is -4.14. The molecule has 1 atom stereocenters. The van der Waals surface area contributed by atoms with E-state index in [9.17, 15) is 55.2 Å². The standard InChI is InChI=1S/C20H23ClO7S.C18H17NO3.C16H20ClN5O2.C16H18N4O7S/c1-29(25,26)17-8-7-13(20(24)18-15(22)5-2-6-16(18)23)19(21)14(17)11-27-10-12-4-3-9-28-12;1-2-21-17(20)16-13-18(22-19-16,14-9-5-3-6-10-14)15-11-7-4-8-12-15;1-2-20(12-8-4-3-5-9-12)15(23)22-16(24)21(18-19-22)14-11-7-6-10-13(14)17;1-25-12-8-13(26-2)18-15(17-12)19-16(22)20-28(23,24)9-10-6-4-5-7-11(10)14(21)27-3/h7-8,12,18H,2-6,9-11H2,1H3;3-12H,2,13H2,1H3;6-7,10-12H,2-5,8-9H2,1H3;4-8H,9H2,1-3H3,(H2,17,18,19,20,22). The number of urea groups is 1. The van der Waals surface area contributed by atoms with Crippen molar-refractivity contribution >= 4 is 96.1 Å². The van der Waals surface area contributed by atoms with Crippen LogP contribution in [-0.4, -0.2) is 165 Å². The summed E-state index contributed by atoms with van der Waals surface area (Å²) in [4.78, 5) is 113. The molecule has 3 fully saturated rings. The molecule has 2 N–H and O–H groups in total. The number of oxime groups is 1. The van der Waals surface area contributed by atoms with Crippen LogP contribution in [0.3, 0.4) is 0 Å². The van der Waals surface area contributed by atoms with Gasteiger partial charge in [-0.1, -0.05) is 139 Å². The second kappa shape index (κ2) is 36.9. The molecule has 4 heterocycles. The van der Waals surface area contributed by atoms with Gasteiger partial charge in [-0.25, -0.2) is 45.5 Å². The maximum Gasteiger partial charge on any atom is 0.377 e. The molecule has 0 spiro atoms. The fraction of sp³-hybridized carbons (Fsp3) is 0.386. The van der Waals surface area contributed by atoms with Crippen molar-refractivity contribution in [3.8, 4) is 17.4 Å². The van der Waals surface area contributed by atoms with Crippen molar-refractivity contribution in [1.29, 1.82) is 0 Å². The number of carbonyl (C=O) groups excluding carboxylic acids is 7. The molecule has 7 aromatic rings. The van der Waals surface area contributed by atoms with Gasteiger partial charge in [-0.3, -0.25) is 19.7 Å². The van der Waals surface area contributed by atoms with Crippen LogP contribution in [0.5, 0.6) is 11.8 Å². The van der Waals surface area contributed by atoms with E-state index >= 15 is 0 Å². The zero-order valence-electron chi connectivity index (χ0n) is 57.3. The first-order valence-electron chi connectivity index (χ1n) is 32.8. The summed E-state index contributed by atoms with van der Waals surface area (Å²) in [5, 5.41) is 14.0. The molecule has 0 radical (unpaired) electrons. The summed E-state index contributed by atoms with van der Waals surface area (Å²) in [6.45, 7) is 5.35. The molecular weight excluding hydrogens is 1420 g/mol. The number of sulfonamides is 1. The fourth-order valence-corrected chi connectivity index (χ4v) is 14.3. The quantitative estimate of drug-likeness (QED) is 0.0292. The zero-order valence-corrected chi connectivity index (χ0v) is 60.4. The van der Waals surface area contributed by atoms with Gasteiger partial charge >= 0.3 is 29.7 Å². The number of amides is 3. The summed E-state index contributed by atoms with van der Waals surface area (Å²) in [6.07, 6.45) is 9.25. The molecule has 11 rings (SSSR count). The summed E-state index contributed by atoms with van der Waals surface area (Å²) >= 11 is 12.5. The number of rotatable bonds is 21. The predicted molar refractivity (Wildman–Crippen MR) is 377 cm³/mol. The van der Waals surface area contributed by atoms with Crippen LogP contribution < -0.4 is 25.2 Å². The van der Waals surface area contributed by atoms with E-state index in [2.05, 4.69) is 35.6 Å². The van der Waals surface area contributed by atoms with Crippen LogP contribution in [0.4, 0.5) is 15.5 Å². The third-order valence-corrected chi connectivity index (χ3v) is 19.8. The number of anilines is 1. The Balaban J connectivity index is 0.000000175. The lowest BCUT2D eigenvalue weighted by atomic mass is 9.81. The Morgan fingerprint density at radius 3 is 1.92 bits per heavy atom. The van der Waals surface area contributed by atoms with E-state index < -0.39 is 84.2 Å². The van der Waals surface area contributed by atoms with Gasteiger partial charge in [0.15, 0.2) is 38.5 Å². The Labute approximate surface area is 604 Å². The number of sulfone groups is 1. The number of aromatic nitrogens is 6. The number of tetrazole rings is 1. The van der Waals surface area contributed by atoms with E-state index in [1.54, 1.807) is 48.2 Å². The number of ketones is 3. The molecule has 5 aromatic carbocycles. The van der Waals surface area contributed by atoms with E-state index in [-0.39, 0.29) is 88.1 Å². The van der Waals surface area contributed by atoms with Crippen molar-refractivity contribution in [2.45, 2.75) is 119 Å². The third kappa shape index (κ3) is 20.5. The lowest BCUT2D eigenvalue weighted by Gasteiger charge is -2.32. The largest absolute Gasteiger partial charge is 0.481 e. The van der Waals surface area contributed by atoms with Gasteiger partial charge in [0.05, 0.1) is 91.7 Å². The minimum Gasteiger partial charge on any atom is -0.481 e. The second-order valence-corrected chi connectivity index (χ2v) is 28.1. The van der Waals surface area contributed by atoms with E-state index in [4.69, 9.17) is 51.7 Å². The van der Waals surface area contributed by atoms with Crippen LogP contribution in [0, 0.1) is 5.92 Å². The molecule has 2 aromatic heterocycles. The van der Waals surface area contributed by atoms with Crippen LogP contribution in [0.25, 0.3) is 5.69 Å². The number of nitrogens with zero attached hydrogens (tertiary/aromatic N) is 8. The molecule has 1 unspecified atom stereocenters. The Bertz CT molecular complexity index is 4440. The number of carbonyl (C=O) groups is 7. The maximum atomic E-state index is 12.9. The zero-order chi connectivity index (χ0) is 74.4. The molecule has 4 aliphatic rings. The van der Waals surface area contributed by atoms with Crippen molar-refractivity contribution in [2.24, 2.45) is 11.1 Å². The van der Waals surface area contributed by atoms with Gasteiger partial charge in [-0.2, -0.15) is 14.6 Å². The number of methoxy groups -OCH3 is 3. The van der Waals surface area contributed by atoms with Gasteiger partial charge in [0.1, 0.15) is 5.92 Å². The lowest BCUT2D eigenvalue weighted by molar-refractivity contribution is -0.135. The fourth-order valence-electron chi connectivity index (χ4n) is 11.7. The number of Topliss-reactive ketones (excluding diaryl/α,β-unsaturated/α-hetero) is 3. The average molecular weight is 1500 g/mol. The summed E-state index contributed by atoms with van der Waals surface area (Å²) in [5.74, 6) is -4.64. The summed E-state index contributed by atoms with van der Waals surface area (Å²) < 4.78 is 83.3. The number of hydrogen-bond donors (Lipinski definition) is 2. The van der Waals surface area contributed by atoms with Gasteiger partial charge < -0.3 is 38.2 Å². The molecule has 0 bridgehead atoms. The first-order chi connectivity index (χ1) is 49.4. The number of benzene rings is 5. The van der Waals surface area contributed by atoms with Crippen LogP contribution >= 0.6 is 23.2 Å². The summed E-state index contributed by atoms with van der Waals surface area (Å²) in [7, 11) is -3.88. The smallest absolute Gasteiger partial charge is 0.377 e. The van der Waals surface area contributed by atoms with Crippen molar-refractivity contribution in [3.05, 3.63) is 181 Å². The molecule has 2 aliphatic heterocycles. The van der Waals surface area contributed by atoms with Crippen molar-refractivity contribution in [3.63, 3.8) is 0 Å². The SMILES string of the molecule is CCN(C(=O)n1nnn(-c2ccccc2Cl)c1=O)C1CCCCC1.CCOC(=O)C1=NOC(c2ccccc2)(c2ccccc2)C1.COC(=O)c1ccccc1CS(=O)(=O)NC(=O)Nc1nc(OC)cc(OC)n1.CS(=O)(=O)c1ccc(C(=O)C2C(=O)CCCC2=O)c(Cl)c1COCC1CCCO1. The number of para-hydroxylation sites is 1. The van der Waals surface area contributed by atoms with Crippen molar-refractivity contribution in [1.82, 2.24) is 39.4 Å². The van der Waals surface area contributed by atoms with Crippen LogP contribution in [-0.2, 0) is 76.0 Å². The normalized spacial score (nSPS) is 15.8. The minimum absolute atomic E-state index is 0.0385.